The van der Waals surface area contributed by atoms with Gasteiger partial charge in [0.1, 0.15) is 11.8 Å². The van der Waals surface area contributed by atoms with Crippen molar-refractivity contribution >= 4 is 21.8 Å². The number of halogens is 3. The Morgan fingerprint density at radius 1 is 1.12 bits per heavy atom. The number of hydrogen-bond donors (Lipinski definition) is 3. The van der Waals surface area contributed by atoms with Gasteiger partial charge < -0.3 is 20.7 Å². The predicted octanol–water partition coefficient (Wildman–Crippen LogP) is 3.55. The first kappa shape index (κ1) is 30.8. The van der Waals surface area contributed by atoms with Gasteiger partial charge in [-0.2, -0.15) is 4.31 Å². The molecule has 1 aliphatic heterocycles. The Bertz CT molecular complexity index is 1370. The van der Waals surface area contributed by atoms with E-state index in [-0.39, 0.29) is 29.6 Å². The molecule has 1 saturated heterocycles. The Balaban J connectivity index is 1.46. The van der Waals surface area contributed by atoms with Gasteiger partial charge in [-0.3, -0.25) is 9.59 Å². The number of amides is 2. The Labute approximate surface area is 237 Å². The number of nitrogens with one attached hydrogen (secondary N) is 3. The van der Waals surface area contributed by atoms with Gasteiger partial charge in [-0.05, 0) is 81.0 Å². The number of sulfonamides is 1. The van der Waals surface area contributed by atoms with Gasteiger partial charge in [-0.15, -0.1) is 13.2 Å². The second-order valence-electron chi connectivity index (χ2n) is 11.3. The molecule has 224 valence electrons. The summed E-state index contributed by atoms with van der Waals surface area (Å²) < 4.78 is 68.9. The molecule has 1 aliphatic carbocycles. The van der Waals surface area contributed by atoms with Gasteiger partial charge >= 0.3 is 6.36 Å². The number of alkyl halides is 3. The predicted molar refractivity (Wildman–Crippen MR) is 145 cm³/mol. The molecular weight excluding hydrogens is 561 g/mol. The average Bonchev–Trinajstić information content (AvgIpc) is 2.87. The van der Waals surface area contributed by atoms with Crippen molar-refractivity contribution in [3.63, 3.8) is 0 Å². The van der Waals surface area contributed by atoms with E-state index >= 15 is 0 Å². The van der Waals surface area contributed by atoms with Crippen LogP contribution in [-0.2, 0) is 32.6 Å². The zero-order valence-corrected chi connectivity index (χ0v) is 24.0. The van der Waals surface area contributed by atoms with E-state index in [1.165, 1.54) is 0 Å². The molecule has 41 heavy (non-hydrogen) atoms. The van der Waals surface area contributed by atoms with E-state index < -0.39 is 46.4 Å². The van der Waals surface area contributed by atoms with Crippen LogP contribution in [0, 0.1) is 0 Å². The molecule has 0 saturated carbocycles. The number of fused-ring (bicyclic) bond motifs is 1. The fraction of sp³-hybridized carbons (Fsp3) is 0.500. The highest BCUT2D eigenvalue weighted by molar-refractivity contribution is 7.89. The van der Waals surface area contributed by atoms with E-state index in [0.29, 0.717) is 13.0 Å². The van der Waals surface area contributed by atoms with Crippen molar-refractivity contribution in [1.29, 1.82) is 0 Å². The van der Waals surface area contributed by atoms with Crippen LogP contribution in [0.3, 0.4) is 0 Å². The average molecular weight is 597 g/mol. The maximum atomic E-state index is 13.4. The fourth-order valence-electron chi connectivity index (χ4n) is 5.05. The van der Waals surface area contributed by atoms with Gasteiger partial charge in [-0.1, -0.05) is 18.2 Å². The number of ether oxygens (including phenoxy) is 1. The maximum absolute atomic E-state index is 13.4. The molecule has 9 nitrogen and oxygen atoms in total. The summed E-state index contributed by atoms with van der Waals surface area (Å²) in [5, 5.41) is 9.04. The van der Waals surface area contributed by atoms with Crippen LogP contribution < -0.4 is 20.7 Å². The van der Waals surface area contributed by atoms with E-state index in [4.69, 9.17) is 0 Å². The minimum Gasteiger partial charge on any atom is -0.406 e. The Morgan fingerprint density at radius 3 is 2.49 bits per heavy atom. The number of hydrogen-bond acceptors (Lipinski definition) is 6. The number of rotatable bonds is 8. The molecule has 1 heterocycles. The molecule has 4 rings (SSSR count). The van der Waals surface area contributed by atoms with E-state index in [1.54, 1.807) is 0 Å². The quantitative estimate of drug-likeness (QED) is 0.429. The first-order chi connectivity index (χ1) is 19.1. The zero-order valence-electron chi connectivity index (χ0n) is 23.2. The standard InChI is InChI=1S/C28H35F3N4O5S/c1-27(2,3)33-17-18-7-12-22-19(15-18)5-4-6-23(22)34-25(36)16-24-26(37)32-13-14-35(24)41(38,39)21-10-8-20(9-11-21)40-28(29,30)31/h7-12,15,23-24,33H,4-6,13-14,16-17H2,1-3H3,(H,32,37)(H,34,36)/t23-,24?/m1/s1. The highest BCUT2D eigenvalue weighted by Gasteiger charge is 2.40. The number of carbonyl (C=O) groups is 2. The third kappa shape index (κ3) is 7.98. The van der Waals surface area contributed by atoms with Crippen molar-refractivity contribution in [3.8, 4) is 5.75 Å². The van der Waals surface area contributed by atoms with Crippen LogP contribution in [0.15, 0.2) is 47.4 Å². The lowest BCUT2D eigenvalue weighted by Gasteiger charge is -2.34. The summed E-state index contributed by atoms with van der Waals surface area (Å²) in [5.74, 6) is -1.67. The normalized spacial score (nSPS) is 20.2. The smallest absolute Gasteiger partial charge is 0.406 e. The molecular formula is C28H35F3N4O5S. The minimum absolute atomic E-state index is 0.0236. The molecule has 0 spiro atoms. The van der Waals surface area contributed by atoms with Gasteiger partial charge in [0.25, 0.3) is 0 Å². The van der Waals surface area contributed by atoms with Crippen molar-refractivity contribution < 1.29 is 35.9 Å². The van der Waals surface area contributed by atoms with Crippen LogP contribution in [0.1, 0.15) is 62.8 Å². The van der Waals surface area contributed by atoms with Gasteiger partial charge in [0.15, 0.2) is 0 Å². The van der Waals surface area contributed by atoms with Gasteiger partial charge in [-0.25, -0.2) is 8.42 Å². The summed E-state index contributed by atoms with van der Waals surface area (Å²) in [5.41, 5.74) is 3.27. The molecule has 2 aliphatic rings. The third-order valence-electron chi connectivity index (χ3n) is 7.00. The number of benzene rings is 2. The molecule has 2 aromatic rings. The van der Waals surface area contributed by atoms with Crippen molar-refractivity contribution in [2.24, 2.45) is 0 Å². The maximum Gasteiger partial charge on any atom is 0.573 e. The lowest BCUT2D eigenvalue weighted by atomic mass is 9.86. The highest BCUT2D eigenvalue weighted by atomic mass is 32.2. The summed E-state index contributed by atoms with van der Waals surface area (Å²) in [6, 6.07) is 8.32. The van der Waals surface area contributed by atoms with Crippen LogP contribution in [0.2, 0.25) is 0 Å². The van der Waals surface area contributed by atoms with Crippen molar-refractivity contribution in [1.82, 2.24) is 20.3 Å². The largest absolute Gasteiger partial charge is 0.573 e. The monoisotopic (exact) mass is 596 g/mol. The first-order valence-electron chi connectivity index (χ1n) is 13.4. The highest BCUT2D eigenvalue weighted by Crippen LogP contribution is 2.31. The van der Waals surface area contributed by atoms with E-state index in [1.807, 2.05) is 12.1 Å². The van der Waals surface area contributed by atoms with Gasteiger partial charge in [0, 0.05) is 25.2 Å². The van der Waals surface area contributed by atoms with Crippen molar-refractivity contribution in [3.05, 3.63) is 59.2 Å². The molecule has 0 radical (unpaired) electrons. The van der Waals surface area contributed by atoms with Gasteiger partial charge in [0.05, 0.1) is 17.4 Å². The van der Waals surface area contributed by atoms with Crippen LogP contribution in [0.4, 0.5) is 13.2 Å². The minimum atomic E-state index is -4.92. The second kappa shape index (κ2) is 12.0. The lowest BCUT2D eigenvalue weighted by Crippen LogP contribution is -2.58. The summed E-state index contributed by atoms with van der Waals surface area (Å²) >= 11 is 0. The first-order valence-corrected chi connectivity index (χ1v) is 14.9. The molecule has 1 fully saturated rings. The summed E-state index contributed by atoms with van der Waals surface area (Å²) in [4.78, 5) is 25.6. The van der Waals surface area contributed by atoms with Crippen LogP contribution in [-0.4, -0.2) is 55.6 Å². The van der Waals surface area contributed by atoms with E-state index in [2.05, 4.69) is 47.5 Å². The molecule has 2 atom stereocenters. The fourth-order valence-corrected chi connectivity index (χ4v) is 6.64. The van der Waals surface area contributed by atoms with Crippen molar-refractivity contribution in [2.75, 3.05) is 13.1 Å². The van der Waals surface area contributed by atoms with Crippen molar-refractivity contribution in [2.45, 2.75) is 81.9 Å². The number of carbonyl (C=O) groups excluding carboxylic acids is 2. The molecule has 2 aromatic carbocycles. The topological polar surface area (TPSA) is 117 Å². The lowest BCUT2D eigenvalue weighted by molar-refractivity contribution is -0.274. The number of nitrogens with zero attached hydrogens (tertiary/aromatic N) is 1. The van der Waals surface area contributed by atoms with Crippen LogP contribution in [0.5, 0.6) is 5.75 Å². The molecule has 0 bridgehead atoms. The van der Waals surface area contributed by atoms with Crippen LogP contribution >= 0.6 is 0 Å². The SMILES string of the molecule is CC(C)(C)NCc1ccc2c(c1)CCC[C@H]2NC(=O)CC1C(=O)NCCN1S(=O)(=O)c1ccc(OC(F)(F)F)cc1. The van der Waals surface area contributed by atoms with E-state index in [0.717, 1.165) is 58.1 Å². The number of aryl methyl sites for hydroxylation is 1. The second-order valence-corrected chi connectivity index (χ2v) is 13.2. The Hall–Kier alpha value is -3.16. The van der Waals surface area contributed by atoms with Gasteiger partial charge in [0.2, 0.25) is 21.8 Å². The summed E-state index contributed by atoms with van der Waals surface area (Å²) in [6.07, 6.45) is -2.86. The van der Waals surface area contributed by atoms with E-state index in [9.17, 15) is 31.2 Å². The Kier molecular flexibility index (Phi) is 9.00. The molecule has 3 N–H and O–H groups in total. The molecule has 2 amide bonds. The Morgan fingerprint density at radius 2 is 1.83 bits per heavy atom. The molecule has 0 aromatic heterocycles. The number of piperazine rings is 1. The molecule has 1 unspecified atom stereocenters. The summed E-state index contributed by atoms with van der Waals surface area (Å²) in [7, 11) is -4.30. The van der Waals surface area contributed by atoms with Crippen LogP contribution in [0.25, 0.3) is 0 Å². The third-order valence-corrected chi connectivity index (χ3v) is 8.93. The summed E-state index contributed by atoms with van der Waals surface area (Å²) in [6.45, 7) is 6.95. The molecule has 13 heteroatoms. The zero-order chi connectivity index (χ0) is 30.0.